The van der Waals surface area contributed by atoms with Crippen LogP contribution < -0.4 is 9.80 Å². The van der Waals surface area contributed by atoms with Gasteiger partial charge in [0.05, 0.1) is 16.3 Å². The fourth-order valence-corrected chi connectivity index (χ4v) is 3.64. The van der Waals surface area contributed by atoms with Crippen molar-refractivity contribution >= 4 is 41.0 Å². The molecule has 33 heavy (non-hydrogen) atoms. The summed E-state index contributed by atoms with van der Waals surface area (Å²) in [6.07, 6.45) is 1.34. The van der Waals surface area contributed by atoms with Gasteiger partial charge >= 0.3 is 6.03 Å². The maximum Gasteiger partial charge on any atom is 0.343 e. The number of nitro groups is 1. The highest BCUT2D eigenvalue weighted by atomic mass is 16.6. The molecule has 0 spiro atoms. The molecule has 0 atom stereocenters. The fraction of sp³-hybridized carbons (Fsp3) is 0.0800. The Labute approximate surface area is 189 Å². The summed E-state index contributed by atoms with van der Waals surface area (Å²) in [5.41, 5.74) is 2.19. The summed E-state index contributed by atoms with van der Waals surface area (Å²) in [7, 11) is 0. The van der Waals surface area contributed by atoms with Crippen molar-refractivity contribution in [3.63, 3.8) is 0 Å². The number of imide groups is 2. The number of benzene rings is 3. The fourth-order valence-electron chi connectivity index (χ4n) is 3.64. The zero-order chi connectivity index (χ0) is 23.7. The van der Waals surface area contributed by atoms with Crippen LogP contribution in [0.25, 0.3) is 6.08 Å². The summed E-state index contributed by atoms with van der Waals surface area (Å²) in [5.74, 6) is -1.52. The van der Waals surface area contributed by atoms with Gasteiger partial charge in [-0.1, -0.05) is 36.4 Å². The number of carbonyl (C=O) groups is 3. The van der Waals surface area contributed by atoms with Crippen LogP contribution in [0, 0.1) is 24.0 Å². The van der Waals surface area contributed by atoms with E-state index in [-0.39, 0.29) is 11.3 Å². The topological polar surface area (TPSA) is 101 Å². The third kappa shape index (κ3) is 3.89. The number of aryl methyl sites for hydroxylation is 2. The molecule has 1 aliphatic rings. The summed E-state index contributed by atoms with van der Waals surface area (Å²) in [6.45, 7) is 3.54. The van der Waals surface area contributed by atoms with E-state index in [0.29, 0.717) is 28.1 Å². The average molecular weight is 441 g/mol. The molecule has 0 unspecified atom stereocenters. The van der Waals surface area contributed by atoms with Crippen LogP contribution in [0.15, 0.2) is 78.4 Å². The first-order chi connectivity index (χ1) is 15.8. The molecule has 4 rings (SSSR count). The smallest absolute Gasteiger partial charge is 0.268 e. The van der Waals surface area contributed by atoms with Crippen LogP contribution in [0.3, 0.4) is 0 Å². The summed E-state index contributed by atoms with van der Waals surface area (Å²) >= 11 is 0. The van der Waals surface area contributed by atoms with Crippen molar-refractivity contribution in [2.24, 2.45) is 0 Å². The summed E-state index contributed by atoms with van der Waals surface area (Å²) in [5, 5.41) is 10.9. The van der Waals surface area contributed by atoms with Gasteiger partial charge in [-0.3, -0.25) is 19.7 Å². The third-order valence-corrected chi connectivity index (χ3v) is 5.38. The quantitative estimate of drug-likeness (QED) is 0.251. The molecule has 1 heterocycles. The van der Waals surface area contributed by atoms with E-state index in [0.717, 1.165) is 9.80 Å². The van der Waals surface area contributed by atoms with E-state index in [9.17, 15) is 24.5 Å². The first-order valence-electron chi connectivity index (χ1n) is 10.1. The lowest BCUT2D eigenvalue weighted by atomic mass is 10.0. The van der Waals surface area contributed by atoms with Gasteiger partial charge in [-0.15, -0.1) is 0 Å². The molecule has 3 aromatic carbocycles. The molecular formula is C25H19N3O5. The van der Waals surface area contributed by atoms with E-state index in [2.05, 4.69) is 0 Å². The van der Waals surface area contributed by atoms with Crippen LogP contribution in [-0.4, -0.2) is 22.8 Å². The maximum atomic E-state index is 13.5. The van der Waals surface area contributed by atoms with Crippen molar-refractivity contribution in [2.75, 3.05) is 9.80 Å². The van der Waals surface area contributed by atoms with E-state index in [4.69, 9.17) is 0 Å². The van der Waals surface area contributed by atoms with Crippen molar-refractivity contribution in [3.05, 3.63) is 105 Å². The van der Waals surface area contributed by atoms with Crippen LogP contribution in [0.2, 0.25) is 0 Å². The van der Waals surface area contributed by atoms with Gasteiger partial charge in [-0.2, -0.15) is 0 Å². The number of non-ortho nitro benzene ring substituents is 1. The number of hydrogen-bond donors (Lipinski definition) is 0. The standard InChI is InChI=1S/C25H19N3O5/c1-16-7-3-5-9-21(16)26-23(29)20(15-18-11-13-19(14-12-18)28(32)33)24(30)27(25(26)31)22-10-6-4-8-17(22)2/h3-15H,1-2H3. The molecule has 0 aromatic heterocycles. The minimum Gasteiger partial charge on any atom is -0.268 e. The molecule has 0 radical (unpaired) electrons. The minimum atomic E-state index is -0.769. The van der Waals surface area contributed by atoms with Gasteiger partial charge in [-0.25, -0.2) is 14.6 Å². The largest absolute Gasteiger partial charge is 0.343 e. The van der Waals surface area contributed by atoms with Gasteiger partial charge in [0.25, 0.3) is 17.5 Å². The monoisotopic (exact) mass is 441 g/mol. The number of para-hydroxylation sites is 2. The van der Waals surface area contributed by atoms with Crippen molar-refractivity contribution in [2.45, 2.75) is 13.8 Å². The molecule has 8 nitrogen and oxygen atoms in total. The van der Waals surface area contributed by atoms with Crippen molar-refractivity contribution in [1.29, 1.82) is 0 Å². The number of amides is 4. The number of nitro benzene ring substituents is 1. The van der Waals surface area contributed by atoms with E-state index in [1.54, 1.807) is 62.4 Å². The molecule has 1 aliphatic heterocycles. The van der Waals surface area contributed by atoms with Crippen LogP contribution in [0.4, 0.5) is 21.9 Å². The molecule has 1 saturated heterocycles. The van der Waals surface area contributed by atoms with Crippen molar-refractivity contribution in [1.82, 2.24) is 0 Å². The maximum absolute atomic E-state index is 13.5. The zero-order valence-electron chi connectivity index (χ0n) is 17.9. The van der Waals surface area contributed by atoms with Crippen LogP contribution >= 0.6 is 0 Å². The lowest BCUT2D eigenvalue weighted by molar-refractivity contribution is -0.384. The number of carbonyl (C=O) groups excluding carboxylic acids is 3. The Morgan fingerprint density at radius 3 is 1.61 bits per heavy atom. The highest BCUT2D eigenvalue weighted by Gasteiger charge is 2.44. The minimum absolute atomic E-state index is 0.114. The first-order valence-corrected chi connectivity index (χ1v) is 10.1. The molecule has 0 aliphatic carbocycles. The Balaban J connectivity index is 1.88. The summed E-state index contributed by atoms with van der Waals surface area (Å²) in [6, 6.07) is 18.5. The Morgan fingerprint density at radius 1 is 0.727 bits per heavy atom. The van der Waals surface area contributed by atoms with Gasteiger partial charge in [0.2, 0.25) is 0 Å². The predicted molar refractivity (Wildman–Crippen MR) is 124 cm³/mol. The summed E-state index contributed by atoms with van der Waals surface area (Å²) in [4.78, 5) is 52.7. The lowest BCUT2D eigenvalue weighted by Gasteiger charge is -2.35. The second kappa shape index (κ2) is 8.51. The number of nitrogens with zero attached hydrogens (tertiary/aromatic N) is 3. The molecule has 164 valence electrons. The van der Waals surface area contributed by atoms with Gasteiger partial charge in [0.1, 0.15) is 5.57 Å². The SMILES string of the molecule is Cc1ccccc1N1C(=O)C(=Cc2ccc([N+](=O)[O-])cc2)C(=O)N(c2ccccc2C)C1=O. The Hall–Kier alpha value is -4.59. The predicted octanol–water partition coefficient (Wildman–Crippen LogP) is 4.80. The van der Waals surface area contributed by atoms with Crippen LogP contribution in [0.1, 0.15) is 16.7 Å². The van der Waals surface area contributed by atoms with Gasteiger partial charge in [-0.05, 0) is 60.9 Å². The molecule has 0 saturated carbocycles. The number of barbiturate groups is 1. The third-order valence-electron chi connectivity index (χ3n) is 5.38. The van der Waals surface area contributed by atoms with Crippen molar-refractivity contribution in [3.8, 4) is 0 Å². The molecule has 8 heteroatoms. The van der Waals surface area contributed by atoms with E-state index in [1.807, 2.05) is 0 Å². The molecule has 0 bridgehead atoms. The molecule has 4 amide bonds. The van der Waals surface area contributed by atoms with Crippen LogP contribution in [-0.2, 0) is 9.59 Å². The van der Waals surface area contributed by atoms with Crippen LogP contribution in [0.5, 0.6) is 0 Å². The molecular weight excluding hydrogens is 422 g/mol. The molecule has 0 N–H and O–H groups in total. The number of rotatable bonds is 4. The normalized spacial score (nSPS) is 14.0. The molecule has 1 fully saturated rings. The molecule has 3 aromatic rings. The Kier molecular flexibility index (Phi) is 5.58. The Bertz CT molecular complexity index is 1260. The van der Waals surface area contributed by atoms with Gasteiger partial charge < -0.3 is 0 Å². The number of urea groups is 1. The lowest BCUT2D eigenvalue weighted by Crippen LogP contribution is -2.57. The van der Waals surface area contributed by atoms with Gasteiger partial charge in [0, 0.05) is 12.1 Å². The number of hydrogen-bond acceptors (Lipinski definition) is 5. The Morgan fingerprint density at radius 2 is 1.18 bits per heavy atom. The average Bonchev–Trinajstić information content (AvgIpc) is 2.79. The van der Waals surface area contributed by atoms with E-state index < -0.39 is 22.8 Å². The highest BCUT2D eigenvalue weighted by molar-refractivity contribution is 6.46. The van der Waals surface area contributed by atoms with E-state index >= 15 is 0 Å². The van der Waals surface area contributed by atoms with E-state index in [1.165, 1.54) is 30.3 Å². The highest BCUT2D eigenvalue weighted by Crippen LogP contribution is 2.32. The second-order valence-electron chi connectivity index (χ2n) is 7.54. The first kappa shape index (κ1) is 21.6. The summed E-state index contributed by atoms with van der Waals surface area (Å²) < 4.78 is 0. The number of anilines is 2. The van der Waals surface area contributed by atoms with Gasteiger partial charge in [0.15, 0.2) is 0 Å². The zero-order valence-corrected chi connectivity index (χ0v) is 17.9. The van der Waals surface area contributed by atoms with Crippen molar-refractivity contribution < 1.29 is 19.3 Å². The second-order valence-corrected chi connectivity index (χ2v) is 7.54.